The van der Waals surface area contributed by atoms with Crippen LogP contribution >= 0.6 is 0 Å². The quantitative estimate of drug-likeness (QED) is 0.360. The molecule has 7 heteroatoms. The van der Waals surface area contributed by atoms with E-state index in [0.717, 1.165) is 30.9 Å². The molecule has 4 nitrogen and oxygen atoms in total. The third-order valence-corrected chi connectivity index (χ3v) is 4.47. The number of nitrogens with zero attached hydrogens (tertiary/aromatic N) is 1. The van der Waals surface area contributed by atoms with Gasteiger partial charge in [0, 0.05) is 18.1 Å². The summed E-state index contributed by atoms with van der Waals surface area (Å²) in [5.41, 5.74) is -0.337. The van der Waals surface area contributed by atoms with Crippen LogP contribution in [0.3, 0.4) is 0 Å². The van der Waals surface area contributed by atoms with Gasteiger partial charge in [0.05, 0.1) is 23.4 Å². The predicted molar refractivity (Wildman–Crippen MR) is 88.1 cm³/mol. The molecule has 1 aliphatic carbocycles. The number of halogens is 3. The number of hydrogen-bond donors (Lipinski definition) is 0. The summed E-state index contributed by atoms with van der Waals surface area (Å²) in [6, 6.07) is 2.72. The topological polar surface area (TPSA) is 52.4 Å². The predicted octanol–water partition coefficient (Wildman–Crippen LogP) is 5.66. The first kappa shape index (κ1) is 19.3. The van der Waals surface area contributed by atoms with Crippen molar-refractivity contribution in [2.75, 3.05) is 6.61 Å². The van der Waals surface area contributed by atoms with E-state index in [1.165, 1.54) is 18.9 Å². The average Bonchev–Trinajstić information content (AvgIpc) is 3.04. The van der Waals surface area contributed by atoms with Crippen molar-refractivity contribution in [3.05, 3.63) is 51.3 Å². The van der Waals surface area contributed by atoms with Crippen LogP contribution in [-0.2, 0) is 17.3 Å². The number of nitro groups is 1. The Balaban J connectivity index is 2.26. The maximum atomic E-state index is 12.8. The molecule has 1 aromatic carbocycles. The van der Waals surface area contributed by atoms with Crippen molar-refractivity contribution in [2.45, 2.75) is 51.6 Å². The summed E-state index contributed by atoms with van der Waals surface area (Å²) in [5.74, 6) is 0.514. The van der Waals surface area contributed by atoms with Crippen LogP contribution in [0.25, 0.3) is 0 Å². The minimum Gasteiger partial charge on any atom is -0.502 e. The van der Waals surface area contributed by atoms with E-state index in [-0.39, 0.29) is 12.0 Å². The third kappa shape index (κ3) is 5.47. The van der Waals surface area contributed by atoms with Crippen LogP contribution in [0.2, 0.25) is 0 Å². The Morgan fingerprint density at radius 1 is 1.36 bits per heavy atom. The van der Waals surface area contributed by atoms with Crippen molar-refractivity contribution in [3.63, 3.8) is 0 Å². The van der Waals surface area contributed by atoms with E-state index in [1.54, 1.807) is 6.26 Å². The van der Waals surface area contributed by atoms with Crippen molar-refractivity contribution in [1.82, 2.24) is 0 Å². The number of ether oxygens (including phenoxy) is 1. The Bertz CT molecular complexity index is 635. The lowest BCUT2D eigenvalue weighted by atomic mass is 9.93. The van der Waals surface area contributed by atoms with Gasteiger partial charge in [0.1, 0.15) is 0 Å². The van der Waals surface area contributed by atoms with Crippen molar-refractivity contribution in [3.8, 4) is 0 Å². The molecule has 0 unspecified atom stereocenters. The van der Waals surface area contributed by atoms with Gasteiger partial charge in [-0.2, -0.15) is 13.2 Å². The van der Waals surface area contributed by atoms with Crippen molar-refractivity contribution in [1.29, 1.82) is 0 Å². The van der Waals surface area contributed by atoms with Crippen LogP contribution in [0.5, 0.6) is 0 Å². The Hall–Kier alpha value is -2.05. The van der Waals surface area contributed by atoms with Gasteiger partial charge in [0.15, 0.2) is 0 Å². The molecule has 138 valence electrons. The molecule has 1 aromatic rings. The summed E-state index contributed by atoms with van der Waals surface area (Å²) in [4.78, 5) is 10.5. The molecule has 2 rings (SSSR count). The zero-order valence-corrected chi connectivity index (χ0v) is 14.1. The molecule has 1 fully saturated rings. The van der Waals surface area contributed by atoms with Crippen molar-refractivity contribution >= 4 is 5.69 Å². The van der Waals surface area contributed by atoms with E-state index in [4.69, 9.17) is 4.74 Å². The SMILES string of the molecule is CCOC=C(Cc1ccc(C(F)(F)F)cc1[N+](=O)[O-])CC1CCCC1. The number of alkyl halides is 3. The van der Waals surface area contributed by atoms with E-state index in [9.17, 15) is 23.3 Å². The smallest absolute Gasteiger partial charge is 0.416 e. The molecule has 0 atom stereocenters. The highest BCUT2D eigenvalue weighted by Crippen LogP contribution is 2.35. The van der Waals surface area contributed by atoms with Crippen LogP contribution in [0, 0.1) is 16.0 Å². The fraction of sp³-hybridized carbons (Fsp3) is 0.556. The van der Waals surface area contributed by atoms with Crippen molar-refractivity contribution < 1.29 is 22.8 Å². The van der Waals surface area contributed by atoms with Crippen LogP contribution in [0.1, 0.15) is 50.2 Å². The molecule has 0 radical (unpaired) electrons. The molecule has 0 aliphatic heterocycles. The van der Waals surface area contributed by atoms with Crippen molar-refractivity contribution in [2.24, 2.45) is 5.92 Å². The van der Waals surface area contributed by atoms with Gasteiger partial charge < -0.3 is 4.74 Å². The monoisotopic (exact) mass is 357 g/mol. The van der Waals surface area contributed by atoms with E-state index in [2.05, 4.69) is 0 Å². The molecular weight excluding hydrogens is 335 g/mol. The Morgan fingerprint density at radius 2 is 2.04 bits per heavy atom. The first-order chi connectivity index (χ1) is 11.8. The minimum atomic E-state index is -4.60. The molecule has 25 heavy (non-hydrogen) atoms. The van der Waals surface area contributed by atoms with E-state index < -0.39 is 22.4 Å². The average molecular weight is 357 g/mol. The molecule has 0 bridgehead atoms. The van der Waals surface area contributed by atoms with Gasteiger partial charge in [-0.25, -0.2) is 0 Å². The number of rotatable bonds is 7. The van der Waals surface area contributed by atoms with Crippen LogP contribution in [-0.4, -0.2) is 11.5 Å². The Kier molecular flexibility index (Phi) is 6.45. The second kappa shape index (κ2) is 8.36. The zero-order valence-electron chi connectivity index (χ0n) is 14.1. The zero-order chi connectivity index (χ0) is 18.4. The van der Waals surface area contributed by atoms with Gasteiger partial charge in [-0.15, -0.1) is 0 Å². The molecule has 0 heterocycles. The molecule has 1 saturated carbocycles. The number of hydrogen-bond acceptors (Lipinski definition) is 3. The molecule has 0 saturated heterocycles. The summed E-state index contributed by atoms with van der Waals surface area (Å²) in [7, 11) is 0. The lowest BCUT2D eigenvalue weighted by molar-refractivity contribution is -0.385. The first-order valence-electron chi connectivity index (χ1n) is 8.45. The number of benzene rings is 1. The highest BCUT2D eigenvalue weighted by atomic mass is 19.4. The minimum absolute atomic E-state index is 0.227. The van der Waals surface area contributed by atoms with Gasteiger partial charge >= 0.3 is 6.18 Å². The maximum absolute atomic E-state index is 12.8. The van der Waals surface area contributed by atoms with E-state index in [0.29, 0.717) is 18.6 Å². The van der Waals surface area contributed by atoms with Gasteiger partial charge in [0.2, 0.25) is 0 Å². The third-order valence-electron chi connectivity index (χ3n) is 4.47. The lowest BCUT2D eigenvalue weighted by Gasteiger charge is -2.14. The number of nitro benzene ring substituents is 1. The van der Waals surface area contributed by atoms with Crippen LogP contribution < -0.4 is 0 Å². The fourth-order valence-electron chi connectivity index (χ4n) is 3.25. The Morgan fingerprint density at radius 3 is 2.60 bits per heavy atom. The summed E-state index contributed by atoms with van der Waals surface area (Å²) in [6.45, 7) is 2.31. The molecule has 1 aliphatic rings. The summed E-state index contributed by atoms with van der Waals surface area (Å²) < 4.78 is 43.8. The van der Waals surface area contributed by atoms with E-state index in [1.807, 2.05) is 6.92 Å². The highest BCUT2D eigenvalue weighted by molar-refractivity contribution is 5.46. The molecule has 0 amide bonds. The van der Waals surface area contributed by atoms with Crippen LogP contribution in [0.4, 0.5) is 18.9 Å². The molecule has 0 aromatic heterocycles. The standard InChI is InChI=1S/C18H22F3NO3/c1-2-25-12-14(9-13-5-3-4-6-13)10-15-7-8-16(18(19,20)21)11-17(15)22(23)24/h7-8,11-13H,2-6,9-10H2,1H3. The second-order valence-corrected chi connectivity index (χ2v) is 6.36. The lowest BCUT2D eigenvalue weighted by Crippen LogP contribution is -2.08. The first-order valence-corrected chi connectivity index (χ1v) is 8.45. The number of allylic oxidation sites excluding steroid dienone is 1. The maximum Gasteiger partial charge on any atom is 0.416 e. The summed E-state index contributed by atoms with van der Waals surface area (Å²) in [5, 5.41) is 11.2. The molecular formula is C18H22F3NO3. The van der Waals surface area contributed by atoms with Gasteiger partial charge in [0.25, 0.3) is 5.69 Å². The molecule has 0 spiro atoms. The highest BCUT2D eigenvalue weighted by Gasteiger charge is 2.33. The van der Waals surface area contributed by atoms with Gasteiger partial charge in [-0.1, -0.05) is 31.7 Å². The molecule has 0 N–H and O–H groups in total. The van der Waals surface area contributed by atoms with Crippen LogP contribution in [0.15, 0.2) is 30.0 Å². The fourth-order valence-corrected chi connectivity index (χ4v) is 3.25. The largest absolute Gasteiger partial charge is 0.502 e. The second-order valence-electron chi connectivity index (χ2n) is 6.36. The Labute approximate surface area is 144 Å². The summed E-state index contributed by atoms with van der Waals surface area (Å²) in [6.07, 6.45) is 2.57. The van der Waals surface area contributed by atoms with Gasteiger partial charge in [-0.05, 0) is 30.9 Å². The van der Waals surface area contributed by atoms with E-state index >= 15 is 0 Å². The normalized spacial score (nSPS) is 16.2. The summed E-state index contributed by atoms with van der Waals surface area (Å²) >= 11 is 0. The van der Waals surface area contributed by atoms with Gasteiger partial charge in [-0.3, -0.25) is 10.1 Å².